The van der Waals surface area contributed by atoms with Crippen LogP contribution in [0.25, 0.3) is 0 Å². The van der Waals surface area contributed by atoms with Crippen molar-refractivity contribution in [3.63, 3.8) is 0 Å². The molecule has 1 N–H and O–H groups in total. The van der Waals surface area contributed by atoms with Gasteiger partial charge >= 0.3 is 5.97 Å². The molecule has 0 saturated heterocycles. The number of methoxy groups -OCH3 is 1. The first-order valence-electron chi connectivity index (χ1n) is 7.47. The number of carbonyl (C=O) groups excluding carboxylic acids is 1. The summed E-state index contributed by atoms with van der Waals surface area (Å²) in [5.41, 5.74) is 1.66. The van der Waals surface area contributed by atoms with Gasteiger partial charge in [0, 0.05) is 6.04 Å². The standard InChI is InChI=1S/C17H26FNO2/c1-12(2)7-8-19-15(11-17(20)21-4)10-14-5-6-16(18)13(3)9-14/h5-6,9,12,15,19H,7-8,10-11H2,1-4H3. The third-order valence-electron chi connectivity index (χ3n) is 3.50. The number of hydrogen-bond donors (Lipinski definition) is 1. The fraction of sp³-hybridized carbons (Fsp3) is 0.588. The lowest BCUT2D eigenvalue weighted by Crippen LogP contribution is -2.35. The highest BCUT2D eigenvalue weighted by Crippen LogP contribution is 2.13. The van der Waals surface area contributed by atoms with E-state index in [9.17, 15) is 9.18 Å². The molecule has 0 aliphatic heterocycles. The van der Waals surface area contributed by atoms with Crippen LogP contribution in [0, 0.1) is 18.7 Å². The highest BCUT2D eigenvalue weighted by Gasteiger charge is 2.15. The molecule has 1 rings (SSSR count). The second-order valence-corrected chi connectivity index (χ2v) is 5.90. The van der Waals surface area contributed by atoms with E-state index in [0.29, 0.717) is 24.3 Å². The van der Waals surface area contributed by atoms with E-state index in [-0.39, 0.29) is 17.8 Å². The molecular formula is C17H26FNO2. The van der Waals surface area contributed by atoms with Crippen LogP contribution in [-0.2, 0) is 16.0 Å². The van der Waals surface area contributed by atoms with Gasteiger partial charge < -0.3 is 10.1 Å². The van der Waals surface area contributed by atoms with Crippen molar-refractivity contribution in [3.8, 4) is 0 Å². The Bertz CT molecular complexity index is 460. The number of nitrogens with one attached hydrogen (secondary N) is 1. The van der Waals surface area contributed by atoms with Crippen LogP contribution < -0.4 is 5.32 Å². The Morgan fingerprint density at radius 2 is 2.10 bits per heavy atom. The molecule has 0 fully saturated rings. The van der Waals surface area contributed by atoms with Gasteiger partial charge in [0.25, 0.3) is 0 Å². The molecule has 1 atom stereocenters. The molecule has 21 heavy (non-hydrogen) atoms. The monoisotopic (exact) mass is 295 g/mol. The summed E-state index contributed by atoms with van der Waals surface area (Å²) in [7, 11) is 1.40. The van der Waals surface area contributed by atoms with Crippen molar-refractivity contribution in [2.24, 2.45) is 5.92 Å². The number of esters is 1. The van der Waals surface area contributed by atoms with E-state index in [1.54, 1.807) is 13.0 Å². The molecular weight excluding hydrogens is 269 g/mol. The summed E-state index contributed by atoms with van der Waals surface area (Å²) in [6, 6.07) is 5.11. The Kier molecular flexibility index (Phi) is 7.37. The van der Waals surface area contributed by atoms with Crippen molar-refractivity contribution in [1.82, 2.24) is 5.32 Å². The fourth-order valence-corrected chi connectivity index (χ4v) is 2.20. The van der Waals surface area contributed by atoms with Crippen molar-refractivity contribution in [2.75, 3.05) is 13.7 Å². The van der Waals surface area contributed by atoms with Crippen LogP contribution in [0.1, 0.15) is 37.8 Å². The first-order valence-corrected chi connectivity index (χ1v) is 7.47. The van der Waals surface area contributed by atoms with Crippen molar-refractivity contribution in [3.05, 3.63) is 35.1 Å². The van der Waals surface area contributed by atoms with Gasteiger partial charge in [-0.05, 0) is 49.4 Å². The molecule has 0 aromatic heterocycles. The molecule has 1 unspecified atom stereocenters. The molecule has 0 bridgehead atoms. The van der Waals surface area contributed by atoms with Crippen molar-refractivity contribution < 1.29 is 13.9 Å². The summed E-state index contributed by atoms with van der Waals surface area (Å²) in [4.78, 5) is 11.5. The van der Waals surface area contributed by atoms with Gasteiger partial charge in [-0.25, -0.2) is 4.39 Å². The lowest BCUT2D eigenvalue weighted by Gasteiger charge is -2.19. The second-order valence-electron chi connectivity index (χ2n) is 5.90. The lowest BCUT2D eigenvalue weighted by atomic mass is 10.0. The van der Waals surface area contributed by atoms with Crippen molar-refractivity contribution in [1.29, 1.82) is 0 Å². The number of hydrogen-bond acceptors (Lipinski definition) is 3. The summed E-state index contributed by atoms with van der Waals surface area (Å²) in [6.45, 7) is 6.94. The minimum absolute atomic E-state index is 0.0149. The van der Waals surface area contributed by atoms with Crippen LogP contribution in [0.2, 0.25) is 0 Å². The number of aryl methyl sites for hydroxylation is 1. The van der Waals surface area contributed by atoms with Gasteiger partial charge in [0.15, 0.2) is 0 Å². The zero-order valence-corrected chi connectivity index (χ0v) is 13.4. The van der Waals surface area contributed by atoms with Crippen molar-refractivity contribution in [2.45, 2.75) is 46.1 Å². The second kappa shape index (κ2) is 8.78. The Morgan fingerprint density at radius 1 is 1.38 bits per heavy atom. The normalized spacial score (nSPS) is 12.5. The molecule has 0 radical (unpaired) electrons. The van der Waals surface area contributed by atoms with Crippen LogP contribution >= 0.6 is 0 Å². The van der Waals surface area contributed by atoms with Gasteiger partial charge in [-0.2, -0.15) is 0 Å². The molecule has 0 aliphatic rings. The first kappa shape index (κ1) is 17.6. The van der Waals surface area contributed by atoms with Crippen LogP contribution in [0.3, 0.4) is 0 Å². The van der Waals surface area contributed by atoms with E-state index in [4.69, 9.17) is 4.74 Å². The zero-order valence-electron chi connectivity index (χ0n) is 13.4. The smallest absolute Gasteiger partial charge is 0.307 e. The van der Waals surface area contributed by atoms with E-state index in [1.165, 1.54) is 13.2 Å². The topological polar surface area (TPSA) is 38.3 Å². The Balaban J connectivity index is 2.65. The maximum Gasteiger partial charge on any atom is 0.307 e. The molecule has 1 aromatic carbocycles. The number of ether oxygens (including phenoxy) is 1. The average Bonchev–Trinajstić information content (AvgIpc) is 2.42. The summed E-state index contributed by atoms with van der Waals surface area (Å²) >= 11 is 0. The van der Waals surface area contributed by atoms with Gasteiger partial charge in [-0.15, -0.1) is 0 Å². The highest BCUT2D eigenvalue weighted by molar-refractivity contribution is 5.70. The molecule has 118 valence electrons. The summed E-state index contributed by atoms with van der Waals surface area (Å²) in [5, 5.41) is 3.40. The third kappa shape index (κ3) is 6.71. The number of benzene rings is 1. The van der Waals surface area contributed by atoms with E-state index < -0.39 is 0 Å². The van der Waals surface area contributed by atoms with Gasteiger partial charge in [0.1, 0.15) is 5.82 Å². The molecule has 1 aromatic rings. The number of rotatable bonds is 8. The molecule has 4 heteroatoms. The van der Waals surface area contributed by atoms with Gasteiger partial charge in [0.2, 0.25) is 0 Å². The Morgan fingerprint density at radius 3 is 2.67 bits per heavy atom. The highest BCUT2D eigenvalue weighted by atomic mass is 19.1. The van der Waals surface area contributed by atoms with E-state index in [0.717, 1.165) is 18.5 Å². The predicted octanol–water partition coefficient (Wildman–Crippen LogP) is 3.24. The molecule has 3 nitrogen and oxygen atoms in total. The van der Waals surface area contributed by atoms with E-state index in [2.05, 4.69) is 19.2 Å². The van der Waals surface area contributed by atoms with Gasteiger partial charge in [-0.3, -0.25) is 4.79 Å². The average molecular weight is 295 g/mol. The SMILES string of the molecule is COC(=O)CC(Cc1ccc(F)c(C)c1)NCCC(C)C. The summed E-state index contributed by atoms with van der Waals surface area (Å²) in [6.07, 6.45) is 2.07. The quantitative estimate of drug-likeness (QED) is 0.748. The van der Waals surface area contributed by atoms with Crippen LogP contribution in [-0.4, -0.2) is 25.7 Å². The molecule has 0 heterocycles. The van der Waals surface area contributed by atoms with Gasteiger partial charge in [0.05, 0.1) is 13.5 Å². The number of carbonyl (C=O) groups is 1. The van der Waals surface area contributed by atoms with Crippen LogP contribution in [0.4, 0.5) is 4.39 Å². The molecule has 0 saturated carbocycles. The maximum absolute atomic E-state index is 13.3. The number of halogens is 1. The van der Waals surface area contributed by atoms with Crippen LogP contribution in [0.5, 0.6) is 0 Å². The minimum Gasteiger partial charge on any atom is -0.469 e. The first-order chi connectivity index (χ1) is 9.92. The van der Waals surface area contributed by atoms with E-state index in [1.807, 2.05) is 6.07 Å². The molecule has 0 aliphatic carbocycles. The zero-order chi connectivity index (χ0) is 15.8. The third-order valence-corrected chi connectivity index (χ3v) is 3.50. The van der Waals surface area contributed by atoms with Crippen molar-refractivity contribution >= 4 is 5.97 Å². The molecule has 0 spiro atoms. The summed E-state index contributed by atoms with van der Waals surface area (Å²) < 4.78 is 18.1. The largest absolute Gasteiger partial charge is 0.469 e. The van der Waals surface area contributed by atoms with E-state index >= 15 is 0 Å². The summed E-state index contributed by atoms with van der Waals surface area (Å²) in [5.74, 6) is 0.191. The molecule has 0 amide bonds. The minimum atomic E-state index is -0.226. The maximum atomic E-state index is 13.3. The predicted molar refractivity (Wildman–Crippen MR) is 82.7 cm³/mol. The fourth-order valence-electron chi connectivity index (χ4n) is 2.20. The van der Waals surface area contributed by atoms with Gasteiger partial charge in [-0.1, -0.05) is 26.0 Å². The Labute approximate surface area is 126 Å². The Hall–Kier alpha value is -1.42. The van der Waals surface area contributed by atoms with Crippen LogP contribution in [0.15, 0.2) is 18.2 Å². The lowest BCUT2D eigenvalue weighted by molar-refractivity contribution is -0.141.